The van der Waals surface area contributed by atoms with E-state index in [1.807, 2.05) is 0 Å². The first-order valence-corrected chi connectivity index (χ1v) is 7.02. The number of hydrogen-bond acceptors (Lipinski definition) is 5. The number of carbonyl (C=O) groups is 1. The van der Waals surface area contributed by atoms with Crippen LogP contribution in [0.4, 0.5) is 9.93 Å². The van der Waals surface area contributed by atoms with E-state index in [1.165, 1.54) is 11.3 Å². The Bertz CT molecular complexity index is 605. The Hall–Kier alpha value is -1.70. The summed E-state index contributed by atoms with van der Waals surface area (Å²) in [6.45, 7) is 1.87. The Balaban J connectivity index is 1.84. The summed E-state index contributed by atoms with van der Waals surface area (Å²) in [6, 6.07) is 6.41. The van der Waals surface area contributed by atoms with E-state index in [0.717, 1.165) is 5.01 Å². The van der Waals surface area contributed by atoms with Crippen LogP contribution in [0, 0.1) is 6.92 Å². The van der Waals surface area contributed by atoms with Gasteiger partial charge in [0.05, 0.1) is 6.10 Å². The molecule has 0 saturated heterocycles. The quantitative estimate of drug-likeness (QED) is 0.808. The van der Waals surface area contributed by atoms with Crippen LogP contribution in [0.5, 0.6) is 0 Å². The molecule has 0 aliphatic rings. The van der Waals surface area contributed by atoms with Gasteiger partial charge in [0.1, 0.15) is 5.01 Å². The summed E-state index contributed by atoms with van der Waals surface area (Å²) in [5.74, 6) is 0. The second-order valence-corrected chi connectivity index (χ2v) is 5.65. The molecular formula is C12H13ClN4O2S. The molecule has 20 heavy (non-hydrogen) atoms. The van der Waals surface area contributed by atoms with E-state index in [2.05, 4.69) is 20.8 Å². The molecule has 0 bridgehead atoms. The first-order valence-electron chi connectivity index (χ1n) is 5.83. The molecule has 2 amide bonds. The highest BCUT2D eigenvalue weighted by Crippen LogP contribution is 2.17. The molecule has 106 valence electrons. The number of anilines is 1. The number of benzene rings is 1. The monoisotopic (exact) mass is 312 g/mol. The van der Waals surface area contributed by atoms with Crippen LogP contribution < -0.4 is 10.6 Å². The van der Waals surface area contributed by atoms with Crippen LogP contribution >= 0.6 is 22.9 Å². The van der Waals surface area contributed by atoms with E-state index < -0.39 is 12.1 Å². The van der Waals surface area contributed by atoms with Gasteiger partial charge in [0.2, 0.25) is 5.13 Å². The topological polar surface area (TPSA) is 87.1 Å². The number of halogens is 1. The van der Waals surface area contributed by atoms with Crippen LogP contribution in [0.15, 0.2) is 24.3 Å². The minimum Gasteiger partial charge on any atom is -0.387 e. The number of urea groups is 1. The van der Waals surface area contributed by atoms with Gasteiger partial charge in [-0.1, -0.05) is 35.1 Å². The summed E-state index contributed by atoms with van der Waals surface area (Å²) in [7, 11) is 0. The normalized spacial score (nSPS) is 11.9. The number of aliphatic hydroxyl groups excluding tert-OH is 1. The van der Waals surface area contributed by atoms with Gasteiger partial charge in [-0.05, 0) is 24.6 Å². The number of rotatable bonds is 4. The van der Waals surface area contributed by atoms with Gasteiger partial charge in [-0.3, -0.25) is 5.32 Å². The molecule has 1 aromatic carbocycles. The van der Waals surface area contributed by atoms with Crippen molar-refractivity contribution in [2.24, 2.45) is 0 Å². The van der Waals surface area contributed by atoms with Crippen molar-refractivity contribution in [3.63, 3.8) is 0 Å². The predicted molar refractivity (Wildman–Crippen MR) is 78.1 cm³/mol. The number of aryl methyl sites for hydroxylation is 1. The highest BCUT2D eigenvalue weighted by Gasteiger charge is 2.11. The highest BCUT2D eigenvalue weighted by atomic mass is 35.5. The molecule has 0 radical (unpaired) electrons. The van der Waals surface area contributed by atoms with E-state index in [-0.39, 0.29) is 6.54 Å². The smallest absolute Gasteiger partial charge is 0.321 e. The number of aliphatic hydroxyl groups is 1. The molecule has 2 aromatic rings. The first kappa shape index (κ1) is 14.7. The fraction of sp³-hybridized carbons (Fsp3) is 0.250. The molecule has 0 aliphatic heterocycles. The lowest BCUT2D eigenvalue weighted by molar-refractivity contribution is 0.175. The van der Waals surface area contributed by atoms with E-state index in [0.29, 0.717) is 15.7 Å². The summed E-state index contributed by atoms with van der Waals surface area (Å²) in [4.78, 5) is 11.6. The Morgan fingerprint density at radius 3 is 2.95 bits per heavy atom. The Morgan fingerprint density at radius 2 is 2.30 bits per heavy atom. The number of nitrogens with one attached hydrogen (secondary N) is 2. The van der Waals surface area contributed by atoms with Crippen molar-refractivity contribution in [2.75, 3.05) is 11.9 Å². The van der Waals surface area contributed by atoms with Gasteiger partial charge in [0, 0.05) is 11.6 Å². The SMILES string of the molecule is Cc1nnc(NC(=O)NC[C@@H](O)c2cccc(Cl)c2)s1. The van der Waals surface area contributed by atoms with Crippen molar-refractivity contribution in [1.82, 2.24) is 15.5 Å². The zero-order valence-electron chi connectivity index (χ0n) is 10.6. The maximum atomic E-state index is 11.6. The third-order valence-electron chi connectivity index (χ3n) is 2.44. The van der Waals surface area contributed by atoms with Crippen molar-refractivity contribution in [3.05, 3.63) is 39.9 Å². The van der Waals surface area contributed by atoms with Gasteiger partial charge in [0.25, 0.3) is 0 Å². The van der Waals surface area contributed by atoms with Gasteiger partial charge in [-0.2, -0.15) is 0 Å². The van der Waals surface area contributed by atoms with Gasteiger partial charge < -0.3 is 10.4 Å². The van der Waals surface area contributed by atoms with E-state index in [1.54, 1.807) is 31.2 Å². The lowest BCUT2D eigenvalue weighted by Crippen LogP contribution is -2.32. The third-order valence-corrected chi connectivity index (χ3v) is 3.43. The van der Waals surface area contributed by atoms with Gasteiger partial charge in [-0.25, -0.2) is 4.79 Å². The summed E-state index contributed by atoms with van der Waals surface area (Å²) in [5, 5.41) is 24.3. The molecule has 6 nitrogen and oxygen atoms in total. The van der Waals surface area contributed by atoms with Crippen LogP contribution in [0.25, 0.3) is 0 Å². The minimum atomic E-state index is -0.824. The van der Waals surface area contributed by atoms with Crippen molar-refractivity contribution in [3.8, 4) is 0 Å². The molecule has 0 unspecified atom stereocenters. The van der Waals surface area contributed by atoms with Gasteiger partial charge >= 0.3 is 6.03 Å². The highest BCUT2D eigenvalue weighted by molar-refractivity contribution is 7.15. The molecule has 0 aliphatic carbocycles. The van der Waals surface area contributed by atoms with Crippen LogP contribution in [0.3, 0.4) is 0 Å². The van der Waals surface area contributed by atoms with Gasteiger partial charge in [-0.15, -0.1) is 10.2 Å². The maximum absolute atomic E-state index is 11.6. The Labute approximate surface area is 124 Å². The fourth-order valence-electron chi connectivity index (χ4n) is 1.51. The average molecular weight is 313 g/mol. The third kappa shape index (κ3) is 4.16. The van der Waals surface area contributed by atoms with Crippen LogP contribution in [-0.4, -0.2) is 27.9 Å². The predicted octanol–water partition coefficient (Wildman–Crippen LogP) is 2.36. The standard InChI is InChI=1S/C12H13ClN4O2S/c1-7-16-17-12(20-7)15-11(19)14-6-10(18)8-3-2-4-9(13)5-8/h2-5,10,18H,6H2,1H3,(H2,14,15,17,19)/t10-/m1/s1. The van der Waals surface area contributed by atoms with Crippen molar-refractivity contribution >= 4 is 34.1 Å². The zero-order chi connectivity index (χ0) is 14.5. The molecule has 0 spiro atoms. The second-order valence-electron chi connectivity index (χ2n) is 4.03. The van der Waals surface area contributed by atoms with Crippen LogP contribution in [-0.2, 0) is 0 Å². The molecule has 1 heterocycles. The largest absolute Gasteiger partial charge is 0.387 e. The lowest BCUT2D eigenvalue weighted by Gasteiger charge is -2.12. The molecule has 2 rings (SSSR count). The molecule has 1 atom stereocenters. The maximum Gasteiger partial charge on any atom is 0.321 e. The number of aromatic nitrogens is 2. The first-order chi connectivity index (χ1) is 9.54. The van der Waals surface area contributed by atoms with Crippen molar-refractivity contribution < 1.29 is 9.90 Å². The van der Waals surface area contributed by atoms with Crippen LogP contribution in [0.2, 0.25) is 5.02 Å². The van der Waals surface area contributed by atoms with Crippen LogP contribution in [0.1, 0.15) is 16.7 Å². The summed E-state index contributed by atoms with van der Waals surface area (Å²) in [5.41, 5.74) is 0.643. The van der Waals surface area contributed by atoms with E-state index >= 15 is 0 Å². The number of amides is 2. The lowest BCUT2D eigenvalue weighted by atomic mass is 10.1. The van der Waals surface area contributed by atoms with E-state index in [4.69, 9.17) is 11.6 Å². The molecular weight excluding hydrogens is 300 g/mol. The molecule has 8 heteroatoms. The van der Waals surface area contributed by atoms with Crippen molar-refractivity contribution in [2.45, 2.75) is 13.0 Å². The Kier molecular flexibility index (Phi) is 4.89. The molecule has 1 aromatic heterocycles. The Morgan fingerprint density at radius 1 is 1.50 bits per heavy atom. The fourth-order valence-corrected chi connectivity index (χ4v) is 2.30. The molecule has 0 saturated carbocycles. The van der Waals surface area contributed by atoms with E-state index in [9.17, 15) is 9.90 Å². The summed E-state index contributed by atoms with van der Waals surface area (Å²) < 4.78 is 0. The summed E-state index contributed by atoms with van der Waals surface area (Å²) >= 11 is 7.11. The number of nitrogens with zero attached hydrogens (tertiary/aromatic N) is 2. The van der Waals surface area contributed by atoms with Crippen molar-refractivity contribution in [1.29, 1.82) is 0 Å². The second kappa shape index (κ2) is 6.65. The summed E-state index contributed by atoms with van der Waals surface area (Å²) in [6.07, 6.45) is -0.824. The van der Waals surface area contributed by atoms with Gasteiger partial charge in [0.15, 0.2) is 0 Å². The zero-order valence-corrected chi connectivity index (χ0v) is 12.2. The minimum absolute atomic E-state index is 0.0734. The molecule has 3 N–H and O–H groups in total. The average Bonchev–Trinajstić information content (AvgIpc) is 2.81. The number of hydrogen-bond donors (Lipinski definition) is 3. The molecule has 0 fully saturated rings. The number of carbonyl (C=O) groups excluding carboxylic acids is 1.